The number of rotatable bonds is 7. The van der Waals surface area contributed by atoms with E-state index in [1.807, 2.05) is 54.6 Å². The van der Waals surface area contributed by atoms with Crippen molar-refractivity contribution in [3.63, 3.8) is 0 Å². The van der Waals surface area contributed by atoms with Crippen LogP contribution in [0.1, 0.15) is 37.8 Å². The lowest BCUT2D eigenvalue weighted by molar-refractivity contribution is 0.272. The number of ether oxygens (including phenoxy) is 1. The van der Waals surface area contributed by atoms with E-state index in [1.54, 1.807) is 0 Å². The number of benzene rings is 2. The fourth-order valence-electron chi connectivity index (χ4n) is 1.57. The molecular formula is C18H25O4P. The zero-order chi connectivity index (χ0) is 16.9. The topological polar surface area (TPSA) is 55.8 Å². The summed E-state index contributed by atoms with van der Waals surface area (Å²) in [6, 6.07) is 17.2. The molecule has 0 aliphatic rings. The van der Waals surface area contributed by atoms with Crippen LogP contribution in [0.5, 0.6) is 5.75 Å². The van der Waals surface area contributed by atoms with Crippen molar-refractivity contribution in [1.29, 1.82) is 0 Å². The third-order valence-electron chi connectivity index (χ3n) is 3.03. The van der Waals surface area contributed by atoms with Gasteiger partial charge in [-0.05, 0) is 23.3 Å². The molecule has 0 aliphatic carbocycles. The molecule has 2 aromatic carbocycles. The molecule has 0 spiro atoms. The number of unbranched alkanes of at least 4 members (excludes halogenated alkanes) is 1. The van der Waals surface area contributed by atoms with E-state index in [0.717, 1.165) is 16.9 Å². The van der Waals surface area contributed by atoms with Gasteiger partial charge in [-0.1, -0.05) is 69.2 Å². The molecule has 2 aromatic rings. The monoisotopic (exact) mass is 336 g/mol. The highest BCUT2D eigenvalue weighted by atomic mass is 31.1. The van der Waals surface area contributed by atoms with Crippen LogP contribution in [0.3, 0.4) is 0 Å². The zero-order valence-corrected chi connectivity index (χ0v) is 14.7. The van der Waals surface area contributed by atoms with E-state index >= 15 is 0 Å². The summed E-state index contributed by atoms with van der Waals surface area (Å²) >= 11 is 0. The Morgan fingerprint density at radius 3 is 1.96 bits per heavy atom. The van der Waals surface area contributed by atoms with Crippen molar-refractivity contribution in [2.24, 2.45) is 0 Å². The third kappa shape index (κ3) is 9.19. The first-order valence-electron chi connectivity index (χ1n) is 7.77. The normalized spacial score (nSPS) is 11.3. The van der Waals surface area contributed by atoms with Crippen molar-refractivity contribution < 1.29 is 18.7 Å². The molecule has 23 heavy (non-hydrogen) atoms. The van der Waals surface area contributed by atoms with Crippen molar-refractivity contribution in [2.75, 3.05) is 0 Å². The Kier molecular flexibility index (Phi) is 10.0. The summed E-state index contributed by atoms with van der Waals surface area (Å²) in [6.45, 7) is 5.01. The van der Waals surface area contributed by atoms with Gasteiger partial charge in [0.25, 0.3) is 0 Å². The lowest BCUT2D eigenvalue weighted by Crippen LogP contribution is -1.95. The van der Waals surface area contributed by atoms with Gasteiger partial charge in [-0.15, -0.1) is 0 Å². The van der Waals surface area contributed by atoms with Crippen LogP contribution in [0.4, 0.5) is 0 Å². The van der Waals surface area contributed by atoms with Crippen LogP contribution in [-0.4, -0.2) is 4.89 Å². The second-order valence-corrected chi connectivity index (χ2v) is 5.79. The molecule has 0 aromatic heterocycles. The van der Waals surface area contributed by atoms with Gasteiger partial charge in [0.15, 0.2) is 0 Å². The standard InChI is InChI=1S/C14H15O4P.C4H10/c15-19(16)18-11-13-6-8-14(9-7-13)17-10-12-4-2-1-3-5-12;1-3-4-2/h1-9,19H,10-11H2,(H,15,16);3-4H2,1-2H3. The minimum absolute atomic E-state index is 0.132. The van der Waals surface area contributed by atoms with E-state index in [1.165, 1.54) is 12.8 Å². The summed E-state index contributed by atoms with van der Waals surface area (Å²) in [6.07, 6.45) is 2.64. The molecule has 4 nitrogen and oxygen atoms in total. The van der Waals surface area contributed by atoms with E-state index in [2.05, 4.69) is 18.4 Å². The van der Waals surface area contributed by atoms with E-state index in [-0.39, 0.29) is 6.61 Å². The smallest absolute Gasteiger partial charge is 0.316 e. The summed E-state index contributed by atoms with van der Waals surface area (Å²) in [5.74, 6) is 0.754. The van der Waals surface area contributed by atoms with Crippen molar-refractivity contribution in [3.8, 4) is 5.75 Å². The predicted molar refractivity (Wildman–Crippen MR) is 93.8 cm³/mol. The quantitative estimate of drug-likeness (QED) is 0.725. The average molecular weight is 336 g/mol. The van der Waals surface area contributed by atoms with Gasteiger partial charge in [0.2, 0.25) is 0 Å². The average Bonchev–Trinajstić information content (AvgIpc) is 2.60. The Labute approximate surface area is 139 Å². The molecule has 1 unspecified atom stereocenters. The molecule has 0 heterocycles. The van der Waals surface area contributed by atoms with Gasteiger partial charge in [-0.25, -0.2) is 0 Å². The summed E-state index contributed by atoms with van der Waals surface area (Å²) in [7, 11) is -2.87. The first kappa shape index (κ1) is 19.4. The van der Waals surface area contributed by atoms with E-state index in [0.29, 0.717) is 6.61 Å². The molecule has 0 fully saturated rings. The first-order chi connectivity index (χ1) is 11.2. The van der Waals surface area contributed by atoms with Crippen LogP contribution in [0.25, 0.3) is 0 Å². The molecule has 0 aliphatic heterocycles. The fraction of sp³-hybridized carbons (Fsp3) is 0.333. The largest absolute Gasteiger partial charge is 0.489 e. The molecular weight excluding hydrogens is 311 g/mol. The second kappa shape index (κ2) is 11.9. The van der Waals surface area contributed by atoms with Crippen LogP contribution in [0.2, 0.25) is 0 Å². The number of hydrogen-bond donors (Lipinski definition) is 1. The Bertz CT molecular complexity index is 553. The molecule has 1 atom stereocenters. The number of hydrogen-bond acceptors (Lipinski definition) is 3. The van der Waals surface area contributed by atoms with Crippen LogP contribution in [0.15, 0.2) is 54.6 Å². The minimum Gasteiger partial charge on any atom is -0.489 e. The molecule has 1 N–H and O–H groups in total. The Morgan fingerprint density at radius 1 is 0.870 bits per heavy atom. The first-order valence-corrected chi connectivity index (χ1v) is 9.03. The van der Waals surface area contributed by atoms with Crippen molar-refractivity contribution in [2.45, 2.75) is 39.9 Å². The van der Waals surface area contributed by atoms with Gasteiger partial charge in [-0.3, -0.25) is 4.57 Å². The minimum atomic E-state index is -2.87. The molecule has 0 amide bonds. The van der Waals surface area contributed by atoms with E-state index in [9.17, 15) is 4.57 Å². The van der Waals surface area contributed by atoms with Gasteiger partial charge >= 0.3 is 8.25 Å². The second-order valence-electron chi connectivity index (χ2n) is 4.97. The van der Waals surface area contributed by atoms with Crippen molar-refractivity contribution >= 4 is 8.25 Å². The molecule has 126 valence electrons. The van der Waals surface area contributed by atoms with Gasteiger partial charge in [0.05, 0.1) is 6.61 Å². The Morgan fingerprint density at radius 2 is 1.43 bits per heavy atom. The summed E-state index contributed by atoms with van der Waals surface area (Å²) in [4.78, 5) is 8.58. The fourth-order valence-corrected chi connectivity index (χ4v) is 1.86. The molecule has 2 rings (SSSR count). The highest BCUT2D eigenvalue weighted by Gasteiger charge is 1.98. The highest BCUT2D eigenvalue weighted by molar-refractivity contribution is 7.32. The van der Waals surface area contributed by atoms with Gasteiger partial charge in [0, 0.05) is 0 Å². The van der Waals surface area contributed by atoms with E-state index < -0.39 is 8.25 Å². The summed E-state index contributed by atoms with van der Waals surface area (Å²) in [5.41, 5.74) is 1.94. The van der Waals surface area contributed by atoms with Gasteiger partial charge in [-0.2, -0.15) is 0 Å². The van der Waals surface area contributed by atoms with Crippen molar-refractivity contribution in [1.82, 2.24) is 0 Å². The Hall–Kier alpha value is -1.61. The summed E-state index contributed by atoms with van der Waals surface area (Å²) in [5, 5.41) is 0. The van der Waals surface area contributed by atoms with Crippen LogP contribution in [0, 0.1) is 0 Å². The summed E-state index contributed by atoms with van der Waals surface area (Å²) < 4.78 is 20.7. The maximum Gasteiger partial charge on any atom is 0.316 e. The maximum atomic E-state index is 10.4. The van der Waals surface area contributed by atoms with Crippen molar-refractivity contribution in [3.05, 3.63) is 65.7 Å². The highest BCUT2D eigenvalue weighted by Crippen LogP contribution is 2.20. The zero-order valence-electron chi connectivity index (χ0n) is 13.7. The van der Waals surface area contributed by atoms with Crippen LogP contribution >= 0.6 is 8.25 Å². The van der Waals surface area contributed by atoms with E-state index in [4.69, 9.17) is 9.63 Å². The molecule has 0 bridgehead atoms. The van der Waals surface area contributed by atoms with Crippen LogP contribution < -0.4 is 4.74 Å². The van der Waals surface area contributed by atoms with Gasteiger partial charge < -0.3 is 14.2 Å². The third-order valence-corrected chi connectivity index (χ3v) is 3.43. The lowest BCUT2D eigenvalue weighted by Gasteiger charge is -2.07. The van der Waals surface area contributed by atoms with Crippen LogP contribution in [-0.2, 0) is 22.3 Å². The molecule has 0 radical (unpaired) electrons. The van der Waals surface area contributed by atoms with Gasteiger partial charge in [0.1, 0.15) is 12.4 Å². The SMILES string of the molecule is CCCC.O=[PH](O)OCc1ccc(OCc2ccccc2)cc1. The molecule has 0 saturated heterocycles. The lowest BCUT2D eigenvalue weighted by atomic mass is 10.2. The molecule has 5 heteroatoms. The molecule has 0 saturated carbocycles. The maximum absolute atomic E-state index is 10.4. The Balaban J connectivity index is 0.000000593. The predicted octanol–water partition coefficient (Wildman–Crippen LogP) is 4.97.